The normalized spacial score (nSPS) is 12.8. The highest BCUT2D eigenvalue weighted by atomic mass is 16.5. The van der Waals surface area contributed by atoms with E-state index in [1.54, 1.807) is 0 Å². The molecule has 0 spiro atoms. The highest BCUT2D eigenvalue weighted by Gasteiger charge is 2.28. The van der Waals surface area contributed by atoms with Crippen molar-refractivity contribution in [3.05, 3.63) is 59.7 Å². The first kappa shape index (κ1) is 12.9. The molecule has 0 saturated carbocycles. The van der Waals surface area contributed by atoms with Gasteiger partial charge in [-0.1, -0.05) is 48.5 Å². The molecule has 3 rings (SSSR count). The van der Waals surface area contributed by atoms with E-state index in [9.17, 15) is 4.79 Å². The molecule has 20 heavy (non-hydrogen) atoms. The molecule has 0 amide bonds. The summed E-state index contributed by atoms with van der Waals surface area (Å²) in [6, 6.07) is 17.0. The van der Waals surface area contributed by atoms with Crippen LogP contribution in [0.3, 0.4) is 0 Å². The van der Waals surface area contributed by atoms with Gasteiger partial charge in [0.05, 0.1) is 6.61 Å². The van der Waals surface area contributed by atoms with Crippen molar-refractivity contribution < 1.29 is 9.53 Å². The van der Waals surface area contributed by atoms with Crippen molar-refractivity contribution in [2.24, 2.45) is 0 Å². The largest absolute Gasteiger partial charge is 0.466 e. The van der Waals surface area contributed by atoms with Crippen LogP contribution < -0.4 is 0 Å². The van der Waals surface area contributed by atoms with E-state index >= 15 is 0 Å². The maximum Gasteiger partial charge on any atom is 0.305 e. The minimum Gasteiger partial charge on any atom is -0.466 e. The average molecular weight is 266 g/mol. The standard InChI is InChI=1S/C18H18O2/c1-2-20-18(19)12-11-17-15-9-5-3-7-13(15)14-8-4-6-10-16(14)17/h3-10,17H,2,11-12H2,1H3. The molecule has 2 aromatic carbocycles. The van der Waals surface area contributed by atoms with Crippen LogP contribution in [0.15, 0.2) is 48.5 Å². The van der Waals surface area contributed by atoms with Crippen molar-refractivity contribution in [3.8, 4) is 11.1 Å². The summed E-state index contributed by atoms with van der Waals surface area (Å²) in [5.41, 5.74) is 5.27. The van der Waals surface area contributed by atoms with E-state index < -0.39 is 0 Å². The van der Waals surface area contributed by atoms with Crippen molar-refractivity contribution in [2.75, 3.05) is 6.61 Å². The zero-order valence-electron chi connectivity index (χ0n) is 11.6. The van der Waals surface area contributed by atoms with Crippen LogP contribution in [0, 0.1) is 0 Å². The van der Waals surface area contributed by atoms with Gasteiger partial charge in [-0.2, -0.15) is 0 Å². The Bertz CT molecular complexity index is 585. The minimum absolute atomic E-state index is 0.102. The van der Waals surface area contributed by atoms with E-state index in [2.05, 4.69) is 48.5 Å². The van der Waals surface area contributed by atoms with Crippen LogP contribution in [0.25, 0.3) is 11.1 Å². The summed E-state index contributed by atoms with van der Waals surface area (Å²) in [4.78, 5) is 11.6. The van der Waals surface area contributed by atoms with Gasteiger partial charge in [0.25, 0.3) is 0 Å². The van der Waals surface area contributed by atoms with E-state index in [0.717, 1.165) is 6.42 Å². The molecule has 2 heteroatoms. The van der Waals surface area contributed by atoms with Crippen molar-refractivity contribution in [1.82, 2.24) is 0 Å². The van der Waals surface area contributed by atoms with Gasteiger partial charge < -0.3 is 4.74 Å². The molecule has 0 N–H and O–H groups in total. The number of fused-ring (bicyclic) bond motifs is 3. The van der Waals surface area contributed by atoms with Gasteiger partial charge in [-0.25, -0.2) is 0 Å². The van der Waals surface area contributed by atoms with Gasteiger partial charge in [-0.3, -0.25) is 4.79 Å². The van der Waals surface area contributed by atoms with Crippen molar-refractivity contribution in [3.63, 3.8) is 0 Å². The van der Waals surface area contributed by atoms with Gasteiger partial charge in [-0.05, 0) is 35.6 Å². The monoisotopic (exact) mass is 266 g/mol. The van der Waals surface area contributed by atoms with Gasteiger partial charge in [0.15, 0.2) is 0 Å². The summed E-state index contributed by atoms with van der Waals surface area (Å²) >= 11 is 0. The lowest BCUT2D eigenvalue weighted by Gasteiger charge is -2.12. The lowest BCUT2D eigenvalue weighted by Crippen LogP contribution is -2.06. The Morgan fingerprint density at radius 1 is 1.00 bits per heavy atom. The van der Waals surface area contributed by atoms with Crippen molar-refractivity contribution >= 4 is 5.97 Å². The minimum atomic E-state index is -0.102. The molecule has 1 aliphatic carbocycles. The van der Waals surface area contributed by atoms with E-state index in [1.165, 1.54) is 22.3 Å². The molecule has 0 aromatic heterocycles. The van der Waals surface area contributed by atoms with Crippen LogP contribution in [0.4, 0.5) is 0 Å². The Morgan fingerprint density at radius 3 is 2.10 bits per heavy atom. The summed E-state index contributed by atoms with van der Waals surface area (Å²) in [6.45, 7) is 2.30. The first-order valence-corrected chi connectivity index (χ1v) is 7.15. The van der Waals surface area contributed by atoms with Gasteiger partial charge in [0.1, 0.15) is 0 Å². The van der Waals surface area contributed by atoms with Crippen molar-refractivity contribution in [2.45, 2.75) is 25.7 Å². The fourth-order valence-electron chi connectivity index (χ4n) is 3.07. The number of ether oxygens (including phenoxy) is 1. The Hall–Kier alpha value is -2.09. The first-order chi connectivity index (χ1) is 9.81. The summed E-state index contributed by atoms with van der Waals surface area (Å²) in [5, 5.41) is 0. The highest BCUT2D eigenvalue weighted by molar-refractivity contribution is 5.79. The maximum atomic E-state index is 11.6. The van der Waals surface area contributed by atoms with Crippen LogP contribution in [-0.2, 0) is 9.53 Å². The number of carbonyl (C=O) groups is 1. The van der Waals surface area contributed by atoms with E-state index in [4.69, 9.17) is 4.74 Å². The Kier molecular flexibility index (Phi) is 3.55. The molecule has 2 aromatic rings. The van der Waals surface area contributed by atoms with E-state index in [0.29, 0.717) is 18.9 Å². The predicted octanol–water partition coefficient (Wildman–Crippen LogP) is 4.14. The molecule has 0 unspecified atom stereocenters. The Labute approximate surface area is 119 Å². The van der Waals surface area contributed by atoms with Crippen molar-refractivity contribution in [1.29, 1.82) is 0 Å². The fourth-order valence-corrected chi connectivity index (χ4v) is 3.07. The number of hydrogen-bond acceptors (Lipinski definition) is 2. The van der Waals surface area contributed by atoms with Gasteiger partial charge in [-0.15, -0.1) is 0 Å². The number of esters is 1. The molecule has 0 atom stereocenters. The van der Waals surface area contributed by atoms with Crippen LogP contribution in [-0.4, -0.2) is 12.6 Å². The molecule has 1 aliphatic rings. The first-order valence-electron chi connectivity index (χ1n) is 7.15. The van der Waals surface area contributed by atoms with Crippen LogP contribution >= 0.6 is 0 Å². The van der Waals surface area contributed by atoms with Gasteiger partial charge in [0.2, 0.25) is 0 Å². The van der Waals surface area contributed by atoms with Gasteiger partial charge >= 0.3 is 5.97 Å². The third kappa shape index (κ3) is 2.22. The maximum absolute atomic E-state index is 11.6. The summed E-state index contributed by atoms with van der Waals surface area (Å²) in [5.74, 6) is 0.209. The van der Waals surface area contributed by atoms with Crippen LogP contribution in [0.2, 0.25) is 0 Å². The zero-order chi connectivity index (χ0) is 13.9. The lowest BCUT2D eigenvalue weighted by molar-refractivity contribution is -0.143. The fraction of sp³-hybridized carbons (Fsp3) is 0.278. The third-order valence-corrected chi connectivity index (χ3v) is 3.91. The van der Waals surface area contributed by atoms with Crippen LogP contribution in [0.5, 0.6) is 0 Å². The average Bonchev–Trinajstić information content (AvgIpc) is 2.80. The predicted molar refractivity (Wildman–Crippen MR) is 79.6 cm³/mol. The third-order valence-electron chi connectivity index (χ3n) is 3.91. The molecule has 2 nitrogen and oxygen atoms in total. The molecule has 0 radical (unpaired) electrons. The quantitative estimate of drug-likeness (QED) is 0.777. The molecule has 0 bridgehead atoms. The Balaban J connectivity index is 1.89. The second-order valence-corrected chi connectivity index (χ2v) is 5.07. The second kappa shape index (κ2) is 5.49. The molecule has 0 fully saturated rings. The van der Waals surface area contributed by atoms with Gasteiger partial charge in [0, 0.05) is 12.3 Å². The summed E-state index contributed by atoms with van der Waals surface area (Å²) < 4.78 is 5.04. The summed E-state index contributed by atoms with van der Waals surface area (Å²) in [7, 11) is 0. The molecule has 0 saturated heterocycles. The van der Waals surface area contributed by atoms with Crippen LogP contribution in [0.1, 0.15) is 36.8 Å². The Morgan fingerprint density at radius 2 is 1.55 bits per heavy atom. The van der Waals surface area contributed by atoms with E-state index in [-0.39, 0.29) is 5.97 Å². The molecule has 0 aliphatic heterocycles. The summed E-state index contributed by atoms with van der Waals surface area (Å²) in [6.07, 6.45) is 1.29. The number of benzene rings is 2. The smallest absolute Gasteiger partial charge is 0.305 e. The number of carbonyl (C=O) groups excluding carboxylic acids is 1. The highest BCUT2D eigenvalue weighted by Crippen LogP contribution is 2.46. The molecule has 102 valence electrons. The SMILES string of the molecule is CCOC(=O)CCC1c2ccccc2-c2ccccc21. The second-order valence-electron chi connectivity index (χ2n) is 5.07. The number of hydrogen-bond donors (Lipinski definition) is 0. The van der Waals surface area contributed by atoms with E-state index in [1.807, 2.05) is 6.92 Å². The number of rotatable bonds is 4. The lowest BCUT2D eigenvalue weighted by atomic mass is 9.92. The molecular formula is C18H18O2. The zero-order valence-corrected chi connectivity index (χ0v) is 11.6. The molecule has 0 heterocycles. The topological polar surface area (TPSA) is 26.3 Å². The molecular weight excluding hydrogens is 248 g/mol.